The van der Waals surface area contributed by atoms with Crippen molar-refractivity contribution in [2.75, 3.05) is 0 Å². The SMILES string of the molecule is CC.CC.CC1c2ccccc2C1C. The molecule has 1 aliphatic carbocycles. The molecule has 1 aromatic rings. The van der Waals surface area contributed by atoms with Gasteiger partial charge in [0.2, 0.25) is 0 Å². The summed E-state index contributed by atoms with van der Waals surface area (Å²) in [6.07, 6.45) is 0. The fourth-order valence-electron chi connectivity index (χ4n) is 1.78. The average molecular weight is 192 g/mol. The van der Waals surface area contributed by atoms with Gasteiger partial charge in [-0.2, -0.15) is 0 Å². The van der Waals surface area contributed by atoms with Gasteiger partial charge in [-0.1, -0.05) is 65.8 Å². The molecule has 0 N–H and O–H groups in total. The van der Waals surface area contributed by atoms with Crippen LogP contribution in [-0.4, -0.2) is 0 Å². The number of fused-ring (bicyclic) bond motifs is 1. The highest BCUT2D eigenvalue weighted by Crippen LogP contribution is 2.45. The Balaban J connectivity index is 0.000000379. The molecule has 0 bridgehead atoms. The molecule has 0 heteroatoms. The van der Waals surface area contributed by atoms with Crippen LogP contribution in [0.2, 0.25) is 0 Å². The van der Waals surface area contributed by atoms with Gasteiger partial charge in [-0.15, -0.1) is 0 Å². The van der Waals surface area contributed by atoms with Crippen molar-refractivity contribution >= 4 is 0 Å². The van der Waals surface area contributed by atoms with Gasteiger partial charge in [0.1, 0.15) is 0 Å². The minimum Gasteiger partial charge on any atom is -0.0683 e. The predicted octanol–water partition coefficient (Wildman–Crippen LogP) is 4.96. The maximum Gasteiger partial charge on any atom is -0.0121 e. The summed E-state index contributed by atoms with van der Waals surface area (Å²) in [5.74, 6) is 1.58. The fraction of sp³-hybridized carbons (Fsp3) is 0.571. The Bertz CT molecular complexity index is 223. The molecule has 0 spiro atoms. The molecule has 0 aliphatic heterocycles. The van der Waals surface area contributed by atoms with E-state index in [-0.39, 0.29) is 0 Å². The van der Waals surface area contributed by atoms with Crippen molar-refractivity contribution in [2.24, 2.45) is 0 Å². The molecule has 2 rings (SSSR count). The summed E-state index contributed by atoms with van der Waals surface area (Å²) in [6.45, 7) is 12.6. The van der Waals surface area contributed by atoms with Gasteiger partial charge in [-0.25, -0.2) is 0 Å². The molecule has 80 valence electrons. The first-order chi connectivity index (χ1) is 6.80. The molecule has 1 aromatic carbocycles. The van der Waals surface area contributed by atoms with Crippen LogP contribution >= 0.6 is 0 Å². The van der Waals surface area contributed by atoms with Crippen LogP contribution in [0, 0.1) is 0 Å². The van der Waals surface area contributed by atoms with Crippen molar-refractivity contribution in [2.45, 2.75) is 53.4 Å². The third-order valence-corrected chi connectivity index (χ3v) is 2.73. The Kier molecular flexibility index (Phi) is 6.27. The van der Waals surface area contributed by atoms with Gasteiger partial charge < -0.3 is 0 Å². The van der Waals surface area contributed by atoms with Crippen molar-refractivity contribution in [1.82, 2.24) is 0 Å². The van der Waals surface area contributed by atoms with E-state index in [1.54, 1.807) is 11.1 Å². The zero-order valence-corrected chi connectivity index (χ0v) is 10.5. The van der Waals surface area contributed by atoms with Crippen molar-refractivity contribution in [3.05, 3.63) is 35.4 Å². The molecule has 2 atom stereocenters. The molecule has 2 unspecified atom stereocenters. The van der Waals surface area contributed by atoms with Gasteiger partial charge in [-0.05, 0) is 23.0 Å². The Labute approximate surface area is 89.4 Å². The quantitative estimate of drug-likeness (QED) is 0.545. The van der Waals surface area contributed by atoms with Crippen LogP contribution in [0.3, 0.4) is 0 Å². The summed E-state index contributed by atoms with van der Waals surface area (Å²) in [6, 6.07) is 8.72. The molecular formula is C14H24. The summed E-state index contributed by atoms with van der Waals surface area (Å²) in [5.41, 5.74) is 3.10. The van der Waals surface area contributed by atoms with Gasteiger partial charge >= 0.3 is 0 Å². The second kappa shape index (κ2) is 6.64. The standard InChI is InChI=1S/C10H12.2C2H6/c1-7-8(2)10-6-4-3-5-9(7)10;2*1-2/h3-8H,1-2H3;2*1-2H3. The van der Waals surface area contributed by atoms with Crippen LogP contribution < -0.4 is 0 Å². The van der Waals surface area contributed by atoms with Crippen LogP contribution in [0.5, 0.6) is 0 Å². The lowest BCUT2D eigenvalue weighted by Gasteiger charge is -2.34. The molecule has 0 heterocycles. The second-order valence-corrected chi connectivity index (χ2v) is 3.21. The summed E-state index contributed by atoms with van der Waals surface area (Å²) in [5, 5.41) is 0. The maximum absolute atomic E-state index is 2.30. The normalized spacial score (nSPS) is 21.6. The smallest absolute Gasteiger partial charge is 0.0121 e. The minimum atomic E-state index is 0.788. The lowest BCUT2D eigenvalue weighted by atomic mass is 9.70. The van der Waals surface area contributed by atoms with E-state index in [0.717, 1.165) is 11.8 Å². The molecule has 0 fully saturated rings. The Hall–Kier alpha value is -0.780. The van der Waals surface area contributed by atoms with Crippen LogP contribution in [0.15, 0.2) is 24.3 Å². The van der Waals surface area contributed by atoms with Gasteiger partial charge in [0.25, 0.3) is 0 Å². The van der Waals surface area contributed by atoms with E-state index in [0.29, 0.717) is 0 Å². The van der Waals surface area contributed by atoms with E-state index in [1.165, 1.54) is 0 Å². The van der Waals surface area contributed by atoms with Crippen molar-refractivity contribution < 1.29 is 0 Å². The zero-order chi connectivity index (χ0) is 11.1. The van der Waals surface area contributed by atoms with E-state index < -0.39 is 0 Å². The van der Waals surface area contributed by atoms with E-state index >= 15 is 0 Å². The molecule has 1 aliphatic rings. The van der Waals surface area contributed by atoms with E-state index in [2.05, 4.69) is 38.1 Å². The van der Waals surface area contributed by atoms with Gasteiger partial charge in [0.05, 0.1) is 0 Å². The third kappa shape index (κ3) is 2.37. The summed E-state index contributed by atoms with van der Waals surface area (Å²) in [7, 11) is 0. The Morgan fingerprint density at radius 3 is 1.29 bits per heavy atom. The van der Waals surface area contributed by atoms with Gasteiger partial charge in [0, 0.05) is 0 Å². The van der Waals surface area contributed by atoms with E-state index in [4.69, 9.17) is 0 Å². The molecule has 0 amide bonds. The predicted molar refractivity (Wildman–Crippen MR) is 66.0 cm³/mol. The first kappa shape index (κ1) is 13.2. The highest BCUT2D eigenvalue weighted by Gasteiger charge is 2.29. The highest BCUT2D eigenvalue weighted by molar-refractivity contribution is 5.43. The zero-order valence-electron chi connectivity index (χ0n) is 10.5. The topological polar surface area (TPSA) is 0 Å². The summed E-state index contributed by atoms with van der Waals surface area (Å²) >= 11 is 0. The molecule has 0 radical (unpaired) electrons. The first-order valence-electron chi connectivity index (χ1n) is 5.89. The lowest BCUT2D eigenvalue weighted by molar-refractivity contribution is 0.542. The third-order valence-electron chi connectivity index (χ3n) is 2.73. The monoisotopic (exact) mass is 192 g/mol. The Morgan fingerprint density at radius 2 is 1.00 bits per heavy atom. The maximum atomic E-state index is 2.30. The minimum absolute atomic E-state index is 0.788. The van der Waals surface area contributed by atoms with Crippen molar-refractivity contribution in [3.63, 3.8) is 0 Å². The number of rotatable bonds is 0. The number of benzene rings is 1. The largest absolute Gasteiger partial charge is 0.0683 e. The number of hydrogen-bond acceptors (Lipinski definition) is 0. The van der Waals surface area contributed by atoms with Gasteiger partial charge in [-0.3, -0.25) is 0 Å². The van der Waals surface area contributed by atoms with E-state index in [9.17, 15) is 0 Å². The van der Waals surface area contributed by atoms with Crippen molar-refractivity contribution in [3.8, 4) is 0 Å². The molecule has 0 aromatic heterocycles. The second-order valence-electron chi connectivity index (χ2n) is 3.21. The number of hydrogen-bond donors (Lipinski definition) is 0. The average Bonchev–Trinajstić information content (AvgIpc) is 2.33. The lowest BCUT2D eigenvalue weighted by Crippen LogP contribution is -2.18. The highest BCUT2D eigenvalue weighted by atomic mass is 14.3. The molecular weight excluding hydrogens is 168 g/mol. The molecule has 0 saturated carbocycles. The Morgan fingerprint density at radius 1 is 0.714 bits per heavy atom. The van der Waals surface area contributed by atoms with E-state index in [1.807, 2.05) is 27.7 Å². The van der Waals surface area contributed by atoms with Crippen molar-refractivity contribution in [1.29, 1.82) is 0 Å². The molecule has 0 saturated heterocycles. The molecule has 14 heavy (non-hydrogen) atoms. The summed E-state index contributed by atoms with van der Waals surface area (Å²) in [4.78, 5) is 0. The first-order valence-corrected chi connectivity index (χ1v) is 5.89. The fourth-order valence-corrected chi connectivity index (χ4v) is 1.78. The van der Waals surface area contributed by atoms with Crippen LogP contribution in [0.25, 0.3) is 0 Å². The van der Waals surface area contributed by atoms with Crippen LogP contribution in [0.4, 0.5) is 0 Å². The molecule has 0 nitrogen and oxygen atoms in total. The summed E-state index contributed by atoms with van der Waals surface area (Å²) < 4.78 is 0. The van der Waals surface area contributed by atoms with Crippen LogP contribution in [-0.2, 0) is 0 Å². The van der Waals surface area contributed by atoms with Gasteiger partial charge in [0.15, 0.2) is 0 Å². The van der Waals surface area contributed by atoms with Crippen LogP contribution in [0.1, 0.15) is 64.5 Å².